The van der Waals surface area contributed by atoms with E-state index in [-0.39, 0.29) is 10.7 Å². The van der Waals surface area contributed by atoms with Crippen LogP contribution in [-0.4, -0.2) is 29.1 Å². The number of ether oxygens (including phenoxy) is 1. The molecule has 0 radical (unpaired) electrons. The number of halogens is 1. The molecule has 20 heavy (non-hydrogen) atoms. The fraction of sp³-hybridized carbons (Fsp3) is 0.0833. The van der Waals surface area contributed by atoms with Gasteiger partial charge in [-0.1, -0.05) is 0 Å². The first-order valence-electron chi connectivity index (χ1n) is 5.35. The lowest BCUT2D eigenvalue weighted by molar-refractivity contribution is 0.0691. The van der Waals surface area contributed by atoms with Crippen molar-refractivity contribution in [2.45, 2.75) is 0 Å². The predicted octanol–water partition coefficient (Wildman–Crippen LogP) is 2.86. The van der Waals surface area contributed by atoms with Crippen molar-refractivity contribution in [1.82, 2.24) is 4.98 Å². The highest BCUT2D eigenvalue weighted by atomic mass is 79.9. The number of carboxylic acids is 1. The zero-order valence-electron chi connectivity index (χ0n) is 10.2. The number of aromatic nitrogens is 1. The molecule has 6 nitrogen and oxygen atoms in total. The largest absolute Gasteiger partial charge is 0.496 e. The molecule has 0 saturated heterocycles. The molecule has 0 aliphatic heterocycles. The molecule has 0 saturated carbocycles. The molecule has 1 aromatic carbocycles. The number of methoxy groups -OCH3 is 1. The van der Waals surface area contributed by atoms with Crippen LogP contribution in [0.15, 0.2) is 28.1 Å². The maximum atomic E-state index is 11.9. The van der Waals surface area contributed by atoms with Gasteiger partial charge in [-0.05, 0) is 34.1 Å². The Bertz CT molecular complexity index is 671. The molecule has 0 aliphatic carbocycles. The Morgan fingerprint density at radius 3 is 2.75 bits per heavy atom. The van der Waals surface area contributed by atoms with Crippen molar-refractivity contribution in [3.63, 3.8) is 0 Å². The number of nitrogens with one attached hydrogen (secondary N) is 1. The Morgan fingerprint density at radius 2 is 2.20 bits per heavy atom. The van der Waals surface area contributed by atoms with Gasteiger partial charge in [-0.15, -0.1) is 11.3 Å². The minimum absolute atomic E-state index is 0.0920. The molecule has 104 valence electrons. The first kappa shape index (κ1) is 14.5. The number of carbonyl (C=O) groups is 2. The second-order valence-corrected chi connectivity index (χ2v) is 5.36. The van der Waals surface area contributed by atoms with E-state index in [1.54, 1.807) is 25.3 Å². The molecular weight excluding hydrogens is 348 g/mol. The second-order valence-electron chi connectivity index (χ2n) is 3.65. The second kappa shape index (κ2) is 6.02. The topological polar surface area (TPSA) is 88.5 Å². The summed E-state index contributed by atoms with van der Waals surface area (Å²) in [6.07, 6.45) is 0. The van der Waals surface area contributed by atoms with Gasteiger partial charge in [0.25, 0.3) is 5.91 Å². The zero-order valence-corrected chi connectivity index (χ0v) is 12.6. The number of anilines is 1. The molecule has 2 aromatic rings. The molecule has 8 heteroatoms. The highest BCUT2D eigenvalue weighted by Crippen LogP contribution is 2.28. The van der Waals surface area contributed by atoms with Gasteiger partial charge in [0.05, 0.1) is 11.6 Å². The molecule has 0 spiro atoms. The normalized spacial score (nSPS) is 10.1. The number of aromatic carboxylic acids is 1. The van der Waals surface area contributed by atoms with Gasteiger partial charge in [0.1, 0.15) is 5.75 Å². The lowest BCUT2D eigenvalue weighted by Crippen LogP contribution is -2.12. The van der Waals surface area contributed by atoms with Gasteiger partial charge in [-0.2, -0.15) is 0 Å². The number of hydrogen-bond acceptors (Lipinski definition) is 5. The van der Waals surface area contributed by atoms with Crippen LogP contribution < -0.4 is 10.1 Å². The number of benzene rings is 1. The van der Waals surface area contributed by atoms with E-state index in [0.29, 0.717) is 15.9 Å². The standard InChI is InChI=1S/C12H9BrN2O4S/c1-19-9-3-2-6(4-7(9)13)14-10(16)11-15-8(5-20-11)12(17)18/h2-5H,1H3,(H,14,16)(H,17,18). The van der Waals surface area contributed by atoms with Gasteiger partial charge in [0.2, 0.25) is 0 Å². The molecular formula is C12H9BrN2O4S. The SMILES string of the molecule is COc1ccc(NC(=O)c2nc(C(=O)O)cs2)cc1Br. The maximum Gasteiger partial charge on any atom is 0.355 e. The number of carbonyl (C=O) groups excluding carboxylic acids is 1. The summed E-state index contributed by atoms with van der Waals surface area (Å²) in [5, 5.41) is 12.8. The molecule has 0 aliphatic rings. The van der Waals surface area contributed by atoms with Gasteiger partial charge in [-0.25, -0.2) is 9.78 Å². The number of hydrogen-bond donors (Lipinski definition) is 2. The van der Waals surface area contributed by atoms with Gasteiger partial charge in [0.15, 0.2) is 10.7 Å². The zero-order chi connectivity index (χ0) is 14.7. The molecule has 0 unspecified atom stereocenters. The molecule has 1 amide bonds. The highest BCUT2D eigenvalue weighted by Gasteiger charge is 2.15. The van der Waals surface area contributed by atoms with Crippen LogP contribution in [0, 0.1) is 0 Å². The monoisotopic (exact) mass is 356 g/mol. The molecule has 2 rings (SSSR count). The summed E-state index contributed by atoms with van der Waals surface area (Å²) < 4.78 is 5.78. The number of amides is 1. The minimum atomic E-state index is -1.16. The van der Waals surface area contributed by atoms with Crippen molar-refractivity contribution in [3.8, 4) is 5.75 Å². The van der Waals surface area contributed by atoms with Crippen LogP contribution in [0.2, 0.25) is 0 Å². The fourth-order valence-electron chi connectivity index (χ4n) is 1.40. The molecule has 1 heterocycles. The summed E-state index contributed by atoms with van der Waals surface area (Å²) in [6.45, 7) is 0. The fourth-order valence-corrected chi connectivity index (χ4v) is 2.63. The van der Waals surface area contributed by atoms with Crippen molar-refractivity contribution in [2.24, 2.45) is 0 Å². The third-order valence-corrected chi connectivity index (χ3v) is 3.79. The van der Waals surface area contributed by atoms with Gasteiger partial charge in [-0.3, -0.25) is 4.79 Å². The van der Waals surface area contributed by atoms with E-state index in [1.807, 2.05) is 0 Å². The van der Waals surface area contributed by atoms with E-state index in [0.717, 1.165) is 11.3 Å². The average molecular weight is 357 g/mol. The average Bonchev–Trinajstić information content (AvgIpc) is 2.88. The van der Waals surface area contributed by atoms with E-state index in [2.05, 4.69) is 26.2 Å². The maximum absolute atomic E-state index is 11.9. The molecule has 0 bridgehead atoms. The van der Waals surface area contributed by atoms with Crippen LogP contribution in [-0.2, 0) is 0 Å². The third-order valence-electron chi connectivity index (χ3n) is 2.33. The predicted molar refractivity (Wildman–Crippen MR) is 77.7 cm³/mol. The Morgan fingerprint density at radius 1 is 1.45 bits per heavy atom. The summed E-state index contributed by atoms with van der Waals surface area (Å²) in [7, 11) is 1.54. The van der Waals surface area contributed by atoms with Crippen LogP contribution >= 0.6 is 27.3 Å². The molecule has 0 atom stereocenters. The van der Waals surface area contributed by atoms with E-state index in [1.165, 1.54) is 5.38 Å². The smallest absolute Gasteiger partial charge is 0.355 e. The first-order chi connectivity index (χ1) is 9.51. The lowest BCUT2D eigenvalue weighted by atomic mass is 10.3. The number of carboxylic acid groups (broad SMARTS) is 1. The van der Waals surface area contributed by atoms with Crippen LogP contribution in [0.25, 0.3) is 0 Å². The molecule has 1 aromatic heterocycles. The summed E-state index contributed by atoms with van der Waals surface area (Å²) in [4.78, 5) is 26.3. The van der Waals surface area contributed by atoms with Crippen molar-refractivity contribution < 1.29 is 19.4 Å². The van der Waals surface area contributed by atoms with Gasteiger partial charge in [0, 0.05) is 11.1 Å². The summed E-state index contributed by atoms with van der Waals surface area (Å²) in [5.74, 6) is -0.975. The highest BCUT2D eigenvalue weighted by molar-refractivity contribution is 9.10. The van der Waals surface area contributed by atoms with Crippen molar-refractivity contribution in [2.75, 3.05) is 12.4 Å². The number of thiazole rings is 1. The van der Waals surface area contributed by atoms with E-state index < -0.39 is 11.9 Å². The van der Waals surface area contributed by atoms with Crippen molar-refractivity contribution in [3.05, 3.63) is 38.8 Å². The quantitative estimate of drug-likeness (QED) is 0.879. The Balaban J connectivity index is 2.14. The Hall–Kier alpha value is -1.93. The lowest BCUT2D eigenvalue weighted by Gasteiger charge is -2.06. The number of rotatable bonds is 4. The van der Waals surface area contributed by atoms with Crippen LogP contribution in [0.3, 0.4) is 0 Å². The third kappa shape index (κ3) is 3.14. The minimum Gasteiger partial charge on any atom is -0.496 e. The molecule has 0 fully saturated rings. The Kier molecular flexibility index (Phi) is 4.35. The Labute approximate surface area is 126 Å². The van der Waals surface area contributed by atoms with E-state index in [9.17, 15) is 9.59 Å². The number of nitrogens with zero attached hydrogens (tertiary/aromatic N) is 1. The summed E-state index contributed by atoms with van der Waals surface area (Å²) in [6, 6.07) is 5.06. The van der Waals surface area contributed by atoms with Crippen LogP contribution in [0.5, 0.6) is 5.75 Å². The van der Waals surface area contributed by atoms with Crippen molar-refractivity contribution >= 4 is 44.8 Å². The van der Waals surface area contributed by atoms with Gasteiger partial charge >= 0.3 is 5.97 Å². The first-order valence-corrected chi connectivity index (χ1v) is 7.02. The summed E-state index contributed by atoms with van der Waals surface area (Å²) >= 11 is 4.29. The summed E-state index contributed by atoms with van der Waals surface area (Å²) in [5.41, 5.74) is 0.408. The van der Waals surface area contributed by atoms with E-state index in [4.69, 9.17) is 9.84 Å². The van der Waals surface area contributed by atoms with Crippen LogP contribution in [0.1, 0.15) is 20.3 Å². The van der Waals surface area contributed by atoms with Crippen molar-refractivity contribution in [1.29, 1.82) is 0 Å². The van der Waals surface area contributed by atoms with E-state index >= 15 is 0 Å². The van der Waals surface area contributed by atoms with Gasteiger partial charge < -0.3 is 15.2 Å². The molecule has 2 N–H and O–H groups in total. The van der Waals surface area contributed by atoms with Crippen LogP contribution in [0.4, 0.5) is 5.69 Å².